The third-order valence-corrected chi connectivity index (χ3v) is 5.40. The number of hydrogen-bond donors (Lipinski definition) is 1. The zero-order valence-electron chi connectivity index (χ0n) is 17.2. The van der Waals surface area contributed by atoms with Gasteiger partial charge >= 0.3 is 0 Å². The molecule has 150 valence electrons. The van der Waals surface area contributed by atoms with Crippen molar-refractivity contribution in [1.29, 1.82) is 0 Å². The second-order valence-electron chi connectivity index (χ2n) is 7.61. The average molecular weight is 390 g/mol. The fourth-order valence-electron chi connectivity index (χ4n) is 3.82. The summed E-state index contributed by atoms with van der Waals surface area (Å²) in [5, 5.41) is 4.03. The Labute approximate surface area is 170 Å². The summed E-state index contributed by atoms with van der Waals surface area (Å²) in [5.74, 6) is 0.710. The quantitative estimate of drug-likeness (QED) is 0.734. The molecule has 1 atom stereocenters. The Kier molecular flexibility index (Phi) is 5.53. The molecule has 1 aromatic carbocycles. The zero-order chi connectivity index (χ0) is 20.4. The third kappa shape index (κ3) is 3.98. The number of carbonyl (C=O) groups is 1. The number of pyridine rings is 1. The number of benzene rings is 1. The molecule has 6 heteroatoms. The van der Waals surface area contributed by atoms with Crippen LogP contribution in [0.15, 0.2) is 30.6 Å². The van der Waals surface area contributed by atoms with Crippen LogP contribution in [-0.4, -0.2) is 40.1 Å². The van der Waals surface area contributed by atoms with Gasteiger partial charge in [-0.3, -0.25) is 4.79 Å². The van der Waals surface area contributed by atoms with Crippen LogP contribution in [0.3, 0.4) is 0 Å². The molecular weight excluding hydrogens is 364 g/mol. The highest BCUT2D eigenvalue weighted by Crippen LogP contribution is 2.30. The third-order valence-electron chi connectivity index (χ3n) is 5.40. The molecule has 0 aliphatic carbocycles. The number of aromatic nitrogens is 3. The van der Waals surface area contributed by atoms with Gasteiger partial charge in [0, 0.05) is 36.4 Å². The van der Waals surface area contributed by atoms with E-state index in [0.717, 1.165) is 65.0 Å². The first-order valence-corrected chi connectivity index (χ1v) is 10.2. The van der Waals surface area contributed by atoms with Crippen LogP contribution in [0.25, 0.3) is 22.2 Å². The molecule has 0 unspecified atom stereocenters. The van der Waals surface area contributed by atoms with Crippen LogP contribution >= 0.6 is 0 Å². The second-order valence-corrected chi connectivity index (χ2v) is 7.61. The van der Waals surface area contributed by atoms with Gasteiger partial charge < -0.3 is 10.1 Å². The summed E-state index contributed by atoms with van der Waals surface area (Å²) in [6.45, 7) is 7.32. The lowest BCUT2D eigenvalue weighted by Crippen LogP contribution is -2.41. The Bertz CT molecular complexity index is 1040. The Balaban J connectivity index is 1.82. The summed E-state index contributed by atoms with van der Waals surface area (Å²) in [4.78, 5) is 27.0. The Hall–Kier alpha value is -2.86. The number of amides is 1. The van der Waals surface area contributed by atoms with Crippen LogP contribution in [0.2, 0.25) is 0 Å². The average Bonchev–Trinajstić information content (AvgIpc) is 2.74. The molecule has 0 saturated carbocycles. The number of aryl methyl sites for hydroxylation is 2. The van der Waals surface area contributed by atoms with E-state index >= 15 is 0 Å². The predicted octanol–water partition coefficient (Wildman–Crippen LogP) is 3.78. The molecule has 2 aromatic heterocycles. The zero-order valence-corrected chi connectivity index (χ0v) is 17.2. The summed E-state index contributed by atoms with van der Waals surface area (Å²) in [7, 11) is 0. The van der Waals surface area contributed by atoms with Gasteiger partial charge in [0.1, 0.15) is 5.82 Å². The van der Waals surface area contributed by atoms with Gasteiger partial charge in [-0.15, -0.1) is 0 Å². The van der Waals surface area contributed by atoms with E-state index in [9.17, 15) is 4.79 Å². The van der Waals surface area contributed by atoms with E-state index in [1.807, 2.05) is 39.0 Å². The van der Waals surface area contributed by atoms with Gasteiger partial charge in [0.2, 0.25) is 0 Å². The van der Waals surface area contributed by atoms with E-state index in [0.29, 0.717) is 12.2 Å². The molecule has 1 amide bonds. The van der Waals surface area contributed by atoms with Crippen molar-refractivity contribution in [2.24, 2.45) is 0 Å². The number of fused-ring (bicyclic) bond motifs is 1. The van der Waals surface area contributed by atoms with Crippen LogP contribution in [0.4, 0.5) is 0 Å². The van der Waals surface area contributed by atoms with Crippen molar-refractivity contribution >= 4 is 16.8 Å². The van der Waals surface area contributed by atoms with E-state index in [1.165, 1.54) is 0 Å². The number of rotatable bonds is 4. The van der Waals surface area contributed by atoms with Gasteiger partial charge in [-0.1, -0.05) is 18.6 Å². The molecule has 0 bridgehead atoms. The van der Waals surface area contributed by atoms with Crippen molar-refractivity contribution in [1.82, 2.24) is 20.3 Å². The highest BCUT2D eigenvalue weighted by atomic mass is 16.5. The molecule has 1 aliphatic rings. The largest absolute Gasteiger partial charge is 0.379 e. The summed E-state index contributed by atoms with van der Waals surface area (Å²) in [6, 6.07) is 6.05. The molecule has 6 nitrogen and oxygen atoms in total. The molecule has 1 N–H and O–H groups in total. The topological polar surface area (TPSA) is 77.0 Å². The van der Waals surface area contributed by atoms with Gasteiger partial charge in [0.15, 0.2) is 0 Å². The lowest BCUT2D eigenvalue weighted by molar-refractivity contribution is 0.0624. The van der Waals surface area contributed by atoms with Gasteiger partial charge in [-0.25, -0.2) is 15.0 Å². The van der Waals surface area contributed by atoms with Gasteiger partial charge in [0.05, 0.1) is 29.4 Å². The maximum Gasteiger partial charge on any atom is 0.252 e. The van der Waals surface area contributed by atoms with E-state index in [4.69, 9.17) is 9.72 Å². The van der Waals surface area contributed by atoms with Gasteiger partial charge in [0.25, 0.3) is 5.91 Å². The van der Waals surface area contributed by atoms with Crippen LogP contribution in [-0.2, 0) is 11.2 Å². The lowest BCUT2D eigenvalue weighted by atomic mass is 9.96. The van der Waals surface area contributed by atoms with Crippen molar-refractivity contribution in [2.45, 2.75) is 46.1 Å². The molecule has 29 heavy (non-hydrogen) atoms. The van der Waals surface area contributed by atoms with Crippen LogP contribution in [0, 0.1) is 13.8 Å². The molecule has 1 aliphatic heterocycles. The molecule has 3 aromatic rings. The summed E-state index contributed by atoms with van der Waals surface area (Å²) >= 11 is 0. The first kappa shape index (κ1) is 19.5. The van der Waals surface area contributed by atoms with Crippen molar-refractivity contribution in [3.63, 3.8) is 0 Å². The van der Waals surface area contributed by atoms with Crippen molar-refractivity contribution in [3.8, 4) is 11.3 Å². The SMILES string of the molecule is CCc1ncc(-c2nc3ccc(C)cc3c(C(=O)N[C@@H]3CCCOC3)c2C)cn1. The number of ether oxygens (including phenoxy) is 1. The second kappa shape index (κ2) is 8.25. The van der Waals surface area contributed by atoms with Crippen molar-refractivity contribution in [3.05, 3.63) is 53.1 Å². The van der Waals surface area contributed by atoms with Crippen LogP contribution in [0.5, 0.6) is 0 Å². The van der Waals surface area contributed by atoms with E-state index < -0.39 is 0 Å². The first-order valence-electron chi connectivity index (χ1n) is 10.2. The Morgan fingerprint density at radius 3 is 2.72 bits per heavy atom. The van der Waals surface area contributed by atoms with E-state index in [2.05, 4.69) is 15.3 Å². The molecule has 4 rings (SSSR count). The Morgan fingerprint density at radius 1 is 1.24 bits per heavy atom. The Morgan fingerprint density at radius 2 is 2.03 bits per heavy atom. The predicted molar refractivity (Wildman–Crippen MR) is 113 cm³/mol. The molecule has 0 radical (unpaired) electrons. The molecular formula is C23H26N4O2. The van der Waals surface area contributed by atoms with Gasteiger partial charge in [-0.05, 0) is 44.4 Å². The highest BCUT2D eigenvalue weighted by Gasteiger charge is 2.23. The summed E-state index contributed by atoms with van der Waals surface area (Å²) in [5.41, 5.74) is 4.95. The van der Waals surface area contributed by atoms with Gasteiger partial charge in [-0.2, -0.15) is 0 Å². The fourth-order valence-corrected chi connectivity index (χ4v) is 3.82. The normalized spacial score (nSPS) is 16.7. The molecule has 1 fully saturated rings. The first-order chi connectivity index (χ1) is 14.1. The van der Waals surface area contributed by atoms with Crippen molar-refractivity contribution < 1.29 is 9.53 Å². The summed E-state index contributed by atoms with van der Waals surface area (Å²) in [6.07, 6.45) is 6.26. The number of carbonyl (C=O) groups excluding carboxylic acids is 1. The minimum Gasteiger partial charge on any atom is -0.379 e. The lowest BCUT2D eigenvalue weighted by Gasteiger charge is -2.24. The van der Waals surface area contributed by atoms with E-state index in [1.54, 1.807) is 12.4 Å². The standard InChI is InChI=1S/C23H26N4O2/c1-4-20-24-11-16(12-25-20)22-15(3)21(18-10-14(2)7-8-19(18)27-22)23(28)26-17-6-5-9-29-13-17/h7-8,10-12,17H,4-6,9,13H2,1-3H3,(H,26,28)/t17-/m1/s1. The molecule has 1 saturated heterocycles. The minimum atomic E-state index is -0.0802. The van der Waals surface area contributed by atoms with Crippen molar-refractivity contribution in [2.75, 3.05) is 13.2 Å². The maximum absolute atomic E-state index is 13.3. The summed E-state index contributed by atoms with van der Waals surface area (Å²) < 4.78 is 5.53. The molecule has 3 heterocycles. The number of hydrogen-bond acceptors (Lipinski definition) is 5. The van der Waals surface area contributed by atoms with Crippen LogP contribution in [0.1, 0.15) is 47.1 Å². The smallest absolute Gasteiger partial charge is 0.252 e. The monoisotopic (exact) mass is 390 g/mol. The highest BCUT2D eigenvalue weighted by molar-refractivity contribution is 6.09. The fraction of sp³-hybridized carbons (Fsp3) is 0.391. The van der Waals surface area contributed by atoms with E-state index in [-0.39, 0.29) is 11.9 Å². The maximum atomic E-state index is 13.3. The van der Waals surface area contributed by atoms with Crippen LogP contribution < -0.4 is 5.32 Å². The number of nitrogens with zero attached hydrogens (tertiary/aromatic N) is 3. The minimum absolute atomic E-state index is 0.0410. The molecule has 0 spiro atoms. The number of nitrogens with one attached hydrogen (secondary N) is 1.